The third kappa shape index (κ3) is 2.81. The largest absolute Gasteiger partial charge is 0.493 e. The van der Waals surface area contributed by atoms with E-state index in [1.165, 1.54) is 13.8 Å². The monoisotopic (exact) mass is 282 g/mol. The zero-order chi connectivity index (χ0) is 14.0. The van der Waals surface area contributed by atoms with Gasteiger partial charge in [0.15, 0.2) is 0 Å². The molecule has 2 rings (SSSR count). The van der Waals surface area contributed by atoms with Crippen LogP contribution in [0.4, 0.5) is 0 Å². The fourth-order valence-electron chi connectivity index (χ4n) is 2.08. The Morgan fingerprint density at radius 3 is 2.84 bits per heavy atom. The van der Waals surface area contributed by atoms with Gasteiger partial charge >= 0.3 is 5.97 Å². The van der Waals surface area contributed by atoms with Crippen LogP contribution in [0.15, 0.2) is 24.3 Å². The molecule has 5 heteroatoms. The van der Waals surface area contributed by atoms with Gasteiger partial charge in [0, 0.05) is 22.5 Å². The summed E-state index contributed by atoms with van der Waals surface area (Å²) in [5, 5.41) is 9.12. The van der Waals surface area contributed by atoms with Crippen LogP contribution in [0.3, 0.4) is 0 Å². The van der Waals surface area contributed by atoms with Crippen LogP contribution < -0.4 is 4.74 Å². The molecule has 2 unspecified atom stereocenters. The molecule has 0 amide bonds. The highest BCUT2D eigenvalue weighted by Gasteiger charge is 2.36. The number of ether oxygens (including phenoxy) is 1. The summed E-state index contributed by atoms with van der Waals surface area (Å²) in [7, 11) is -1.42. The van der Waals surface area contributed by atoms with Crippen LogP contribution in [0, 0.1) is 0 Å². The maximum Gasteiger partial charge on any atom is 0.321 e. The summed E-state index contributed by atoms with van der Waals surface area (Å²) >= 11 is 0. The zero-order valence-corrected chi connectivity index (χ0v) is 11.9. The van der Waals surface area contributed by atoms with Gasteiger partial charge in [0.25, 0.3) is 0 Å². The van der Waals surface area contributed by atoms with Crippen LogP contribution in [0.5, 0.6) is 5.75 Å². The molecule has 0 spiro atoms. The Morgan fingerprint density at radius 1 is 1.47 bits per heavy atom. The molecule has 0 saturated heterocycles. The van der Waals surface area contributed by atoms with Crippen LogP contribution in [0.2, 0.25) is 0 Å². The van der Waals surface area contributed by atoms with E-state index in [4.69, 9.17) is 9.84 Å². The first-order valence-electron chi connectivity index (χ1n) is 6.26. The number of para-hydroxylation sites is 1. The number of carboxylic acid groups (broad SMARTS) is 1. The van der Waals surface area contributed by atoms with Crippen molar-refractivity contribution in [1.29, 1.82) is 0 Å². The minimum Gasteiger partial charge on any atom is -0.493 e. The van der Waals surface area contributed by atoms with Gasteiger partial charge in [-0.15, -0.1) is 0 Å². The second-order valence-corrected chi connectivity index (χ2v) is 7.24. The van der Waals surface area contributed by atoms with E-state index in [-0.39, 0.29) is 5.92 Å². The minimum atomic E-state index is -1.42. The number of carboxylic acids is 1. The van der Waals surface area contributed by atoms with Crippen LogP contribution in [0.1, 0.15) is 31.7 Å². The highest BCUT2D eigenvalue weighted by atomic mass is 32.2. The van der Waals surface area contributed by atoms with E-state index in [1.807, 2.05) is 24.3 Å². The fourth-order valence-corrected chi connectivity index (χ4v) is 3.40. The molecule has 0 radical (unpaired) electrons. The van der Waals surface area contributed by atoms with Crippen molar-refractivity contribution in [3.63, 3.8) is 0 Å². The standard InChI is InChI=1S/C14H18O4S/c1-14(2,13(15)16)19(17)9-10-7-8-18-12-6-4-3-5-11(10)12/h3-6,10H,7-9H2,1-2H3,(H,15,16). The van der Waals surface area contributed by atoms with Gasteiger partial charge in [-0.05, 0) is 31.9 Å². The minimum absolute atomic E-state index is 0.101. The molecule has 1 aromatic rings. The predicted octanol–water partition coefficient (Wildman–Crippen LogP) is 2.16. The van der Waals surface area contributed by atoms with E-state index in [0.717, 1.165) is 17.7 Å². The molecule has 1 aliphatic heterocycles. The van der Waals surface area contributed by atoms with E-state index in [9.17, 15) is 9.00 Å². The van der Waals surface area contributed by atoms with Crippen molar-refractivity contribution in [1.82, 2.24) is 0 Å². The fraction of sp³-hybridized carbons (Fsp3) is 0.500. The lowest BCUT2D eigenvalue weighted by Crippen LogP contribution is -2.39. The zero-order valence-electron chi connectivity index (χ0n) is 11.1. The Balaban J connectivity index is 2.18. The molecule has 0 saturated carbocycles. The third-order valence-electron chi connectivity index (χ3n) is 3.52. The molecule has 0 bridgehead atoms. The van der Waals surface area contributed by atoms with Gasteiger partial charge < -0.3 is 9.84 Å². The smallest absolute Gasteiger partial charge is 0.321 e. The van der Waals surface area contributed by atoms with Crippen LogP contribution in [-0.4, -0.2) is 32.4 Å². The van der Waals surface area contributed by atoms with Crippen molar-refractivity contribution in [2.75, 3.05) is 12.4 Å². The molecule has 0 aliphatic carbocycles. The molecule has 0 aromatic heterocycles. The maximum absolute atomic E-state index is 12.3. The van der Waals surface area contributed by atoms with E-state index >= 15 is 0 Å². The lowest BCUT2D eigenvalue weighted by atomic mass is 9.95. The molecule has 4 nitrogen and oxygen atoms in total. The van der Waals surface area contributed by atoms with Crippen molar-refractivity contribution >= 4 is 16.8 Å². The number of hydrogen-bond donors (Lipinski definition) is 1. The summed E-state index contributed by atoms with van der Waals surface area (Å²) in [5.41, 5.74) is 1.03. The molecule has 19 heavy (non-hydrogen) atoms. The van der Waals surface area contributed by atoms with Gasteiger partial charge in [-0.3, -0.25) is 9.00 Å². The van der Waals surface area contributed by atoms with Gasteiger partial charge in [-0.1, -0.05) is 18.2 Å². The highest BCUT2D eigenvalue weighted by molar-refractivity contribution is 7.87. The molecule has 1 heterocycles. The average Bonchev–Trinajstić information content (AvgIpc) is 2.39. The Kier molecular flexibility index (Phi) is 3.94. The molecule has 1 N–H and O–H groups in total. The van der Waals surface area contributed by atoms with E-state index < -0.39 is 21.5 Å². The van der Waals surface area contributed by atoms with E-state index in [0.29, 0.717) is 12.4 Å². The molecular formula is C14H18O4S. The van der Waals surface area contributed by atoms with E-state index in [1.54, 1.807) is 0 Å². The van der Waals surface area contributed by atoms with Crippen molar-refractivity contribution in [2.24, 2.45) is 0 Å². The topological polar surface area (TPSA) is 63.6 Å². The first-order chi connectivity index (χ1) is 8.93. The first kappa shape index (κ1) is 14.1. The highest BCUT2D eigenvalue weighted by Crippen LogP contribution is 2.35. The second kappa shape index (κ2) is 5.33. The van der Waals surface area contributed by atoms with Crippen LogP contribution >= 0.6 is 0 Å². The van der Waals surface area contributed by atoms with Gasteiger partial charge in [0.05, 0.1) is 6.61 Å². The molecule has 1 aromatic carbocycles. The quantitative estimate of drug-likeness (QED) is 0.919. The number of rotatable bonds is 4. The van der Waals surface area contributed by atoms with Gasteiger partial charge in [0.1, 0.15) is 10.5 Å². The number of benzene rings is 1. The van der Waals surface area contributed by atoms with Crippen molar-refractivity contribution in [2.45, 2.75) is 30.9 Å². The van der Waals surface area contributed by atoms with Crippen LogP contribution in [0.25, 0.3) is 0 Å². The Bertz CT molecular complexity index is 510. The SMILES string of the molecule is CC(C)(C(=O)O)S(=O)CC1CCOc2ccccc21. The normalized spacial score (nSPS) is 20.2. The molecule has 1 aliphatic rings. The lowest BCUT2D eigenvalue weighted by Gasteiger charge is -2.28. The summed E-state index contributed by atoms with van der Waals surface area (Å²) in [5.74, 6) is 0.263. The van der Waals surface area contributed by atoms with Gasteiger partial charge in [-0.25, -0.2) is 0 Å². The summed E-state index contributed by atoms with van der Waals surface area (Å²) in [6.07, 6.45) is 0.776. The van der Waals surface area contributed by atoms with Crippen LogP contribution in [-0.2, 0) is 15.6 Å². The molecule has 0 fully saturated rings. The summed E-state index contributed by atoms with van der Waals surface area (Å²) < 4.78 is 16.6. The van der Waals surface area contributed by atoms with Crippen molar-refractivity contribution < 1.29 is 18.8 Å². The molecule has 2 atom stereocenters. The Labute approximate surface area is 115 Å². The summed E-state index contributed by atoms with van der Waals surface area (Å²) in [6.45, 7) is 3.61. The number of aliphatic carboxylic acids is 1. The molecular weight excluding hydrogens is 264 g/mol. The maximum atomic E-state index is 12.3. The number of hydrogen-bond acceptors (Lipinski definition) is 3. The third-order valence-corrected chi connectivity index (χ3v) is 5.54. The van der Waals surface area contributed by atoms with E-state index in [2.05, 4.69) is 0 Å². The number of carbonyl (C=O) groups is 1. The first-order valence-corrected chi connectivity index (χ1v) is 7.58. The van der Waals surface area contributed by atoms with Crippen molar-refractivity contribution in [3.8, 4) is 5.75 Å². The Hall–Kier alpha value is -1.36. The predicted molar refractivity (Wildman–Crippen MR) is 74.0 cm³/mol. The van der Waals surface area contributed by atoms with Crippen molar-refractivity contribution in [3.05, 3.63) is 29.8 Å². The molecule has 104 valence electrons. The second-order valence-electron chi connectivity index (χ2n) is 5.20. The lowest BCUT2D eigenvalue weighted by molar-refractivity contribution is -0.139. The summed E-state index contributed by atoms with van der Waals surface area (Å²) in [4.78, 5) is 11.1. The Morgan fingerprint density at radius 2 is 2.16 bits per heavy atom. The number of fused-ring (bicyclic) bond motifs is 1. The van der Waals surface area contributed by atoms with Gasteiger partial charge in [-0.2, -0.15) is 0 Å². The average molecular weight is 282 g/mol. The van der Waals surface area contributed by atoms with Gasteiger partial charge in [0.2, 0.25) is 0 Å². The summed E-state index contributed by atoms with van der Waals surface area (Å²) in [6, 6.07) is 7.68.